The molecular weight excluding hydrogens is 325 g/mol. The highest BCUT2D eigenvalue weighted by Gasteiger charge is 2.23. The highest BCUT2D eigenvalue weighted by molar-refractivity contribution is 9.10. The Morgan fingerprint density at radius 2 is 2.06 bits per heavy atom. The standard InChI is InChI=1S/C12H14BrCl2NO/c1-7(8-2-3-17-6-8)16-12-10(14)4-9(13)5-11(12)15/h4-5,7-8,16H,2-3,6H2,1H3. The summed E-state index contributed by atoms with van der Waals surface area (Å²) >= 11 is 15.7. The van der Waals surface area contributed by atoms with Gasteiger partial charge >= 0.3 is 0 Å². The van der Waals surface area contributed by atoms with Crippen molar-refractivity contribution in [2.75, 3.05) is 18.5 Å². The van der Waals surface area contributed by atoms with E-state index in [1.54, 1.807) is 0 Å². The maximum absolute atomic E-state index is 6.18. The van der Waals surface area contributed by atoms with Crippen LogP contribution in [0.2, 0.25) is 10.0 Å². The van der Waals surface area contributed by atoms with Crippen molar-refractivity contribution < 1.29 is 4.74 Å². The monoisotopic (exact) mass is 337 g/mol. The summed E-state index contributed by atoms with van der Waals surface area (Å²) in [5.74, 6) is 0.519. The zero-order chi connectivity index (χ0) is 12.4. The third-order valence-corrected chi connectivity index (χ3v) is 4.10. The molecule has 1 heterocycles. The molecule has 5 heteroatoms. The molecule has 0 bridgehead atoms. The summed E-state index contributed by atoms with van der Waals surface area (Å²) in [5.41, 5.74) is 0.802. The molecule has 17 heavy (non-hydrogen) atoms. The van der Waals surface area contributed by atoms with Gasteiger partial charge in [0.2, 0.25) is 0 Å². The molecule has 0 aliphatic carbocycles. The number of anilines is 1. The summed E-state index contributed by atoms with van der Waals surface area (Å²) in [6, 6.07) is 3.98. The fourth-order valence-corrected chi connectivity index (χ4v) is 3.29. The van der Waals surface area contributed by atoms with E-state index in [-0.39, 0.29) is 0 Å². The van der Waals surface area contributed by atoms with Crippen LogP contribution >= 0.6 is 39.1 Å². The van der Waals surface area contributed by atoms with E-state index in [1.807, 2.05) is 12.1 Å². The van der Waals surface area contributed by atoms with Crippen LogP contribution in [0.5, 0.6) is 0 Å². The minimum absolute atomic E-state index is 0.300. The second-order valence-electron chi connectivity index (χ2n) is 4.30. The van der Waals surface area contributed by atoms with Crippen molar-refractivity contribution in [1.82, 2.24) is 0 Å². The van der Waals surface area contributed by atoms with Gasteiger partial charge in [0.25, 0.3) is 0 Å². The number of nitrogens with one attached hydrogen (secondary N) is 1. The van der Waals surface area contributed by atoms with Gasteiger partial charge in [-0.1, -0.05) is 39.1 Å². The van der Waals surface area contributed by atoms with Crippen LogP contribution in [-0.2, 0) is 4.74 Å². The first kappa shape index (κ1) is 13.5. The SMILES string of the molecule is CC(Nc1c(Cl)cc(Br)cc1Cl)C1CCOC1. The van der Waals surface area contributed by atoms with Gasteiger partial charge < -0.3 is 10.1 Å². The van der Waals surface area contributed by atoms with Gasteiger partial charge in [0, 0.05) is 23.0 Å². The molecule has 2 rings (SSSR count). The number of hydrogen-bond acceptors (Lipinski definition) is 2. The first-order valence-electron chi connectivity index (χ1n) is 5.56. The lowest BCUT2D eigenvalue weighted by Gasteiger charge is -2.22. The van der Waals surface area contributed by atoms with Crippen molar-refractivity contribution in [3.05, 3.63) is 26.7 Å². The van der Waals surface area contributed by atoms with Gasteiger partial charge in [0.1, 0.15) is 0 Å². The van der Waals surface area contributed by atoms with Gasteiger partial charge in [0.05, 0.1) is 22.3 Å². The van der Waals surface area contributed by atoms with Gasteiger partial charge in [-0.15, -0.1) is 0 Å². The van der Waals surface area contributed by atoms with Crippen LogP contribution in [0, 0.1) is 5.92 Å². The van der Waals surface area contributed by atoms with E-state index in [2.05, 4.69) is 28.2 Å². The predicted molar refractivity (Wildman–Crippen MR) is 76.2 cm³/mol. The third-order valence-electron chi connectivity index (χ3n) is 3.05. The summed E-state index contributed by atoms with van der Waals surface area (Å²) in [6.07, 6.45) is 1.08. The highest BCUT2D eigenvalue weighted by Crippen LogP contribution is 2.35. The molecule has 1 saturated heterocycles. The molecule has 0 aromatic heterocycles. The summed E-state index contributed by atoms with van der Waals surface area (Å²) in [6.45, 7) is 3.78. The zero-order valence-electron chi connectivity index (χ0n) is 9.47. The Bertz CT molecular complexity index is 384. The highest BCUT2D eigenvalue weighted by atomic mass is 79.9. The second-order valence-corrected chi connectivity index (χ2v) is 6.03. The van der Waals surface area contributed by atoms with Crippen LogP contribution in [0.1, 0.15) is 13.3 Å². The Morgan fingerprint density at radius 1 is 1.41 bits per heavy atom. The van der Waals surface area contributed by atoms with Crippen LogP contribution in [-0.4, -0.2) is 19.3 Å². The van der Waals surface area contributed by atoms with E-state index in [4.69, 9.17) is 27.9 Å². The van der Waals surface area contributed by atoms with Crippen molar-refractivity contribution in [3.63, 3.8) is 0 Å². The van der Waals surface area contributed by atoms with Crippen molar-refractivity contribution in [2.24, 2.45) is 5.92 Å². The fraction of sp³-hybridized carbons (Fsp3) is 0.500. The molecule has 1 aliphatic heterocycles. The number of ether oxygens (including phenoxy) is 1. The van der Waals surface area contributed by atoms with Gasteiger partial charge in [-0.25, -0.2) is 0 Å². The van der Waals surface area contributed by atoms with Gasteiger partial charge in [-0.05, 0) is 25.5 Å². The zero-order valence-corrected chi connectivity index (χ0v) is 12.6. The minimum atomic E-state index is 0.300. The Labute approximate surface area is 120 Å². The molecule has 0 radical (unpaired) electrons. The van der Waals surface area contributed by atoms with E-state index < -0.39 is 0 Å². The smallest absolute Gasteiger partial charge is 0.0721 e. The van der Waals surface area contributed by atoms with Gasteiger partial charge in [-0.3, -0.25) is 0 Å². The molecule has 2 nitrogen and oxygen atoms in total. The van der Waals surface area contributed by atoms with E-state index in [1.165, 1.54) is 0 Å². The number of rotatable bonds is 3. The normalized spacial score (nSPS) is 21.5. The Hall–Kier alpha value is 0.0400. The lowest BCUT2D eigenvalue weighted by Crippen LogP contribution is -2.26. The van der Waals surface area contributed by atoms with Crippen LogP contribution in [0.3, 0.4) is 0 Å². The first-order valence-corrected chi connectivity index (χ1v) is 7.11. The number of hydrogen-bond donors (Lipinski definition) is 1. The van der Waals surface area contributed by atoms with Crippen molar-refractivity contribution in [3.8, 4) is 0 Å². The second kappa shape index (κ2) is 5.79. The van der Waals surface area contributed by atoms with Gasteiger partial charge in [-0.2, -0.15) is 0 Å². The largest absolute Gasteiger partial charge is 0.381 e. The third kappa shape index (κ3) is 3.28. The molecule has 1 aromatic rings. The summed E-state index contributed by atoms with van der Waals surface area (Å²) in [7, 11) is 0. The Kier molecular flexibility index (Phi) is 4.59. The fourth-order valence-electron chi connectivity index (χ4n) is 1.97. The quantitative estimate of drug-likeness (QED) is 0.870. The molecule has 1 aliphatic rings. The molecule has 94 valence electrons. The topological polar surface area (TPSA) is 21.3 Å². The Balaban J connectivity index is 2.12. The molecule has 2 atom stereocenters. The molecular formula is C12H14BrCl2NO. The summed E-state index contributed by atoms with van der Waals surface area (Å²) < 4.78 is 6.27. The van der Waals surface area contributed by atoms with Gasteiger partial charge in [0.15, 0.2) is 0 Å². The Morgan fingerprint density at radius 3 is 2.59 bits per heavy atom. The summed E-state index contributed by atoms with van der Waals surface area (Å²) in [5, 5.41) is 4.65. The van der Waals surface area contributed by atoms with E-state index in [0.29, 0.717) is 22.0 Å². The molecule has 1 aromatic carbocycles. The van der Waals surface area contributed by atoms with E-state index >= 15 is 0 Å². The average Bonchev–Trinajstić information content (AvgIpc) is 2.76. The molecule has 0 saturated carbocycles. The lowest BCUT2D eigenvalue weighted by molar-refractivity contribution is 0.183. The molecule has 1 fully saturated rings. The van der Waals surface area contributed by atoms with Crippen LogP contribution in [0.4, 0.5) is 5.69 Å². The molecule has 1 N–H and O–H groups in total. The number of halogens is 3. The predicted octanol–water partition coefficient (Wildman–Crippen LogP) is 4.59. The van der Waals surface area contributed by atoms with Crippen molar-refractivity contribution in [2.45, 2.75) is 19.4 Å². The van der Waals surface area contributed by atoms with E-state index in [9.17, 15) is 0 Å². The van der Waals surface area contributed by atoms with Crippen molar-refractivity contribution in [1.29, 1.82) is 0 Å². The molecule has 0 spiro atoms. The van der Waals surface area contributed by atoms with Crippen LogP contribution < -0.4 is 5.32 Å². The summed E-state index contributed by atoms with van der Waals surface area (Å²) in [4.78, 5) is 0. The average molecular weight is 339 g/mol. The maximum atomic E-state index is 6.18. The molecule has 0 amide bonds. The van der Waals surface area contributed by atoms with Crippen LogP contribution in [0.15, 0.2) is 16.6 Å². The van der Waals surface area contributed by atoms with E-state index in [0.717, 1.165) is 29.8 Å². The first-order chi connectivity index (χ1) is 8.08. The van der Waals surface area contributed by atoms with Crippen LogP contribution in [0.25, 0.3) is 0 Å². The maximum Gasteiger partial charge on any atom is 0.0721 e. The lowest BCUT2D eigenvalue weighted by atomic mass is 10.0. The minimum Gasteiger partial charge on any atom is -0.381 e. The number of benzene rings is 1. The van der Waals surface area contributed by atoms with Crippen molar-refractivity contribution >= 4 is 44.8 Å². The molecule has 2 unspecified atom stereocenters.